The van der Waals surface area contributed by atoms with Gasteiger partial charge in [-0.1, -0.05) is 23.2 Å². The van der Waals surface area contributed by atoms with E-state index in [2.05, 4.69) is 4.98 Å². The van der Waals surface area contributed by atoms with Crippen molar-refractivity contribution in [1.82, 2.24) is 4.98 Å². The number of pyridine rings is 1. The molecule has 0 aliphatic rings. The van der Waals surface area contributed by atoms with E-state index in [4.69, 9.17) is 23.2 Å². The molecule has 1 aromatic heterocycles. The molecule has 0 fully saturated rings. The van der Waals surface area contributed by atoms with E-state index in [1.807, 2.05) is 0 Å². The second-order valence-electron chi connectivity index (χ2n) is 1.32. The zero-order chi connectivity index (χ0) is 5.98. The summed E-state index contributed by atoms with van der Waals surface area (Å²) in [6, 6.07) is 1.64. The maximum absolute atomic E-state index is 5.50. The zero-order valence-corrected chi connectivity index (χ0v) is 5.95. The molecule has 2 nitrogen and oxygen atoms in total. The number of halogens is 2. The average Bonchev–Trinajstić information content (AvgIpc) is 1.64. The van der Waals surface area contributed by atoms with Gasteiger partial charge in [0.1, 0.15) is 0 Å². The van der Waals surface area contributed by atoms with Gasteiger partial charge in [-0.25, -0.2) is 0 Å². The predicted octanol–water partition coefficient (Wildman–Crippen LogP) is 0.915. The quantitative estimate of drug-likeness (QED) is 0.560. The summed E-state index contributed by atoms with van der Waals surface area (Å²) in [4.78, 5) is 3.72. The topological polar surface area (TPSA) is 44.4 Å². The van der Waals surface area contributed by atoms with Crippen molar-refractivity contribution in [2.24, 2.45) is 0 Å². The number of nitrogens with zero attached hydrogens (tertiary/aromatic N) is 1. The molecule has 0 aromatic carbocycles. The molecule has 5 heteroatoms. The summed E-state index contributed by atoms with van der Waals surface area (Å²) in [5, 5.41) is 1.13. The van der Waals surface area contributed by atoms with Crippen molar-refractivity contribution in [2.45, 2.75) is 0 Å². The first-order valence-corrected chi connectivity index (χ1v) is 2.80. The van der Waals surface area contributed by atoms with E-state index in [0.717, 1.165) is 0 Å². The summed E-state index contributed by atoms with van der Waals surface area (Å²) in [6.45, 7) is 0. The molecule has 0 aliphatic carbocycles. The van der Waals surface area contributed by atoms with Gasteiger partial charge < -0.3 is 5.48 Å². The van der Waals surface area contributed by atoms with Crippen LogP contribution in [-0.4, -0.2) is 40.0 Å². The number of hydrogen-bond donors (Lipinski definition) is 0. The number of aromatic nitrogens is 1. The van der Waals surface area contributed by atoms with E-state index < -0.39 is 0 Å². The van der Waals surface area contributed by atoms with E-state index in [-0.39, 0.29) is 35.0 Å². The van der Waals surface area contributed by atoms with Crippen LogP contribution >= 0.6 is 23.2 Å². The molecule has 0 spiro atoms. The van der Waals surface area contributed by atoms with Crippen molar-refractivity contribution >= 4 is 52.8 Å². The van der Waals surface area contributed by atoms with Crippen LogP contribution in [0.5, 0.6) is 0 Å². The van der Waals surface area contributed by atoms with Crippen molar-refractivity contribution in [3.05, 3.63) is 28.5 Å². The van der Waals surface area contributed by atoms with Gasteiger partial charge in [-0.3, -0.25) is 4.98 Å². The summed E-state index contributed by atoms with van der Waals surface area (Å²) < 4.78 is 0. The fraction of sp³-hybridized carbons (Fsp3) is 0. The Morgan fingerprint density at radius 1 is 1.10 bits per heavy atom. The molecule has 1 aromatic rings. The molecule has 52 valence electrons. The van der Waals surface area contributed by atoms with E-state index >= 15 is 0 Å². The fourth-order valence-electron chi connectivity index (χ4n) is 0.386. The van der Waals surface area contributed by atoms with Crippen LogP contribution in [-0.2, 0) is 0 Å². The van der Waals surface area contributed by atoms with Crippen LogP contribution in [0, 0.1) is 0 Å². The van der Waals surface area contributed by atoms with Gasteiger partial charge in [-0.05, 0) is 6.07 Å². The van der Waals surface area contributed by atoms with Crippen LogP contribution in [0.4, 0.5) is 0 Å². The van der Waals surface area contributed by atoms with Gasteiger partial charge in [0.25, 0.3) is 0 Å². The Labute approximate surface area is 91.2 Å². The number of rotatable bonds is 0. The van der Waals surface area contributed by atoms with Crippen LogP contribution in [0.3, 0.4) is 0 Å². The molecule has 0 unspecified atom stereocenters. The van der Waals surface area contributed by atoms with Crippen LogP contribution in [0.15, 0.2) is 18.5 Å². The molecule has 0 radical (unpaired) electrons. The van der Waals surface area contributed by atoms with Crippen LogP contribution < -0.4 is 0 Å². The van der Waals surface area contributed by atoms with Crippen LogP contribution in [0.2, 0.25) is 10.0 Å². The van der Waals surface area contributed by atoms with E-state index in [1.165, 1.54) is 12.4 Å². The minimum absolute atomic E-state index is 0. The molecule has 0 saturated carbocycles. The summed E-state index contributed by atoms with van der Waals surface area (Å²) in [5.41, 5.74) is 0. The Morgan fingerprint density at radius 2 is 1.50 bits per heavy atom. The van der Waals surface area contributed by atoms with Crippen molar-refractivity contribution in [1.29, 1.82) is 0 Å². The van der Waals surface area contributed by atoms with Crippen molar-refractivity contribution in [2.75, 3.05) is 0 Å². The Bertz CT molecular complexity index is 180. The minimum atomic E-state index is 0. The first-order chi connectivity index (χ1) is 3.79. The molecule has 1 heterocycles. The monoisotopic (exact) mass is 189 g/mol. The third-order valence-corrected chi connectivity index (χ3v) is 1.08. The van der Waals surface area contributed by atoms with Crippen molar-refractivity contribution < 1.29 is 5.48 Å². The third kappa shape index (κ3) is 4.50. The molecule has 2 N–H and O–H groups in total. The van der Waals surface area contributed by atoms with E-state index in [9.17, 15) is 0 Å². The second kappa shape index (κ2) is 6.40. The SMILES string of the molecule is Clc1cncc(Cl)c1.O.[NaH]. The molecule has 0 saturated heterocycles. The summed E-state index contributed by atoms with van der Waals surface area (Å²) in [5.74, 6) is 0. The average molecular weight is 190 g/mol. The van der Waals surface area contributed by atoms with Gasteiger partial charge >= 0.3 is 29.6 Å². The van der Waals surface area contributed by atoms with Crippen molar-refractivity contribution in [3.8, 4) is 0 Å². The predicted molar refractivity (Wildman–Crippen MR) is 45.0 cm³/mol. The molecule has 0 aliphatic heterocycles. The van der Waals surface area contributed by atoms with E-state index in [1.54, 1.807) is 6.07 Å². The van der Waals surface area contributed by atoms with E-state index in [0.29, 0.717) is 10.0 Å². The normalized spacial score (nSPS) is 7.40. The van der Waals surface area contributed by atoms with Gasteiger partial charge in [0.15, 0.2) is 0 Å². The maximum atomic E-state index is 5.50. The van der Waals surface area contributed by atoms with Gasteiger partial charge in [-0.2, -0.15) is 0 Å². The molecule has 0 bridgehead atoms. The molecule has 1 rings (SSSR count). The molecule has 10 heavy (non-hydrogen) atoms. The third-order valence-electron chi connectivity index (χ3n) is 0.672. The first-order valence-electron chi connectivity index (χ1n) is 2.05. The molecule has 0 atom stereocenters. The standard InChI is InChI=1S/C5H3Cl2N.Na.H2O.H/c6-4-1-5(7)3-8-2-4;;;/h1-3H;;1H2;. The van der Waals surface area contributed by atoms with Gasteiger partial charge in [-0.15, -0.1) is 0 Å². The van der Waals surface area contributed by atoms with Crippen molar-refractivity contribution in [3.63, 3.8) is 0 Å². The Kier molecular flexibility index (Phi) is 8.51. The Hall–Kier alpha value is 0.690. The number of hydrogen-bond acceptors (Lipinski definition) is 1. The molecule has 0 amide bonds. The Balaban J connectivity index is 0. The molecular formula is C5H6Cl2NNaO. The Morgan fingerprint density at radius 3 is 1.70 bits per heavy atom. The summed E-state index contributed by atoms with van der Waals surface area (Å²) >= 11 is 11.0. The van der Waals surface area contributed by atoms with Gasteiger partial charge in [0.05, 0.1) is 10.0 Å². The van der Waals surface area contributed by atoms with Gasteiger partial charge in [0.2, 0.25) is 0 Å². The van der Waals surface area contributed by atoms with Crippen LogP contribution in [0.1, 0.15) is 0 Å². The summed E-state index contributed by atoms with van der Waals surface area (Å²) in [7, 11) is 0. The van der Waals surface area contributed by atoms with Gasteiger partial charge in [0, 0.05) is 12.4 Å². The first kappa shape index (κ1) is 13.3. The fourth-order valence-corrected chi connectivity index (χ4v) is 0.790. The second-order valence-corrected chi connectivity index (χ2v) is 2.19. The molecular weight excluding hydrogens is 184 g/mol. The zero-order valence-electron chi connectivity index (χ0n) is 4.44. The van der Waals surface area contributed by atoms with Crippen LogP contribution in [0.25, 0.3) is 0 Å². The summed E-state index contributed by atoms with van der Waals surface area (Å²) in [6.07, 6.45) is 3.07.